The molecule has 0 aromatic heterocycles. The summed E-state index contributed by atoms with van der Waals surface area (Å²) in [6.45, 7) is 0. The molecule has 2 rings (SSSR count). The Labute approximate surface area is 85.5 Å². The Bertz CT molecular complexity index is 365. The maximum atomic E-state index is 11.5. The number of urea groups is 1. The van der Waals surface area contributed by atoms with E-state index in [-0.39, 0.29) is 17.2 Å². The van der Waals surface area contributed by atoms with Crippen LogP contribution in [0.15, 0.2) is 16.6 Å². The lowest BCUT2D eigenvalue weighted by molar-refractivity contribution is 0.132. The number of likely N-dealkylation sites (N-methyl/N-ethyl adjacent to an activating group) is 1. The zero-order valence-corrected chi connectivity index (χ0v) is 8.41. The highest BCUT2D eigenvalue weighted by Crippen LogP contribution is 2.25. The van der Waals surface area contributed by atoms with Gasteiger partial charge in [0.15, 0.2) is 11.5 Å². The molecule has 2 heterocycles. The standard InChI is InChI=1S/C7H9ClN4O2/c1-11-4-3(9-6(8)10-4)5(13)12(2)7(11)14/h4,13H,1-2H3,(H,9,10). The molecule has 0 spiro atoms. The molecule has 0 saturated carbocycles. The first-order chi connectivity index (χ1) is 6.52. The number of aliphatic hydroxyl groups excluding tert-OH is 1. The summed E-state index contributed by atoms with van der Waals surface area (Å²) >= 11 is 5.65. The van der Waals surface area contributed by atoms with E-state index < -0.39 is 6.17 Å². The Morgan fingerprint density at radius 3 is 2.86 bits per heavy atom. The van der Waals surface area contributed by atoms with Crippen molar-refractivity contribution in [2.45, 2.75) is 6.17 Å². The molecule has 2 amide bonds. The number of nitrogens with zero attached hydrogens (tertiary/aromatic N) is 3. The maximum absolute atomic E-state index is 11.5. The number of amidine groups is 1. The van der Waals surface area contributed by atoms with E-state index in [2.05, 4.69) is 10.3 Å². The Balaban J connectivity index is 2.47. The molecule has 0 fully saturated rings. The molecule has 0 aromatic rings. The van der Waals surface area contributed by atoms with Crippen molar-refractivity contribution < 1.29 is 9.90 Å². The molecule has 6 nitrogen and oxygen atoms in total. The smallest absolute Gasteiger partial charge is 0.328 e. The predicted molar refractivity (Wildman–Crippen MR) is 50.8 cm³/mol. The van der Waals surface area contributed by atoms with Crippen molar-refractivity contribution in [3.63, 3.8) is 0 Å². The van der Waals surface area contributed by atoms with Gasteiger partial charge in [-0.3, -0.25) is 9.80 Å². The molecule has 76 valence electrons. The summed E-state index contributed by atoms with van der Waals surface area (Å²) in [7, 11) is 3.07. The average Bonchev–Trinajstić information content (AvgIpc) is 2.54. The van der Waals surface area contributed by atoms with E-state index in [0.717, 1.165) is 4.90 Å². The molecule has 2 aliphatic heterocycles. The van der Waals surface area contributed by atoms with Gasteiger partial charge < -0.3 is 10.4 Å². The zero-order valence-electron chi connectivity index (χ0n) is 7.65. The largest absolute Gasteiger partial charge is 0.493 e. The number of amides is 2. The van der Waals surface area contributed by atoms with Gasteiger partial charge in [0, 0.05) is 14.1 Å². The topological polar surface area (TPSA) is 68.2 Å². The molecule has 0 aliphatic carbocycles. The summed E-state index contributed by atoms with van der Waals surface area (Å²) in [5.41, 5.74) is 0.430. The molecule has 0 aromatic carbocycles. The van der Waals surface area contributed by atoms with Crippen LogP contribution in [-0.2, 0) is 0 Å². The van der Waals surface area contributed by atoms with Crippen LogP contribution in [0.5, 0.6) is 0 Å². The minimum Gasteiger partial charge on any atom is -0.493 e. The number of aliphatic imine (C=N–C) groups is 1. The molecule has 14 heavy (non-hydrogen) atoms. The molecule has 1 atom stereocenters. The van der Waals surface area contributed by atoms with E-state index >= 15 is 0 Å². The van der Waals surface area contributed by atoms with Gasteiger partial charge in [-0.2, -0.15) is 0 Å². The molecular weight excluding hydrogens is 208 g/mol. The van der Waals surface area contributed by atoms with Gasteiger partial charge in [0.25, 0.3) is 0 Å². The Morgan fingerprint density at radius 1 is 1.57 bits per heavy atom. The minimum atomic E-state index is -0.536. The van der Waals surface area contributed by atoms with Crippen molar-refractivity contribution in [1.29, 1.82) is 0 Å². The highest BCUT2D eigenvalue weighted by molar-refractivity contribution is 6.65. The second kappa shape index (κ2) is 2.78. The van der Waals surface area contributed by atoms with E-state index in [9.17, 15) is 9.90 Å². The van der Waals surface area contributed by atoms with Crippen LogP contribution < -0.4 is 5.32 Å². The van der Waals surface area contributed by atoms with Gasteiger partial charge in [-0.25, -0.2) is 9.79 Å². The van der Waals surface area contributed by atoms with Crippen LogP contribution in [0.1, 0.15) is 0 Å². The molecule has 2 aliphatic rings. The SMILES string of the molecule is CN1C(=O)N(C)C2N=C(Cl)NC2=C1O. The van der Waals surface area contributed by atoms with Crippen molar-refractivity contribution in [3.8, 4) is 0 Å². The number of aliphatic hydroxyl groups is 1. The van der Waals surface area contributed by atoms with E-state index in [0.29, 0.717) is 5.70 Å². The van der Waals surface area contributed by atoms with Gasteiger partial charge in [0.05, 0.1) is 0 Å². The predicted octanol–water partition coefficient (Wildman–Crippen LogP) is 0.235. The number of fused-ring (bicyclic) bond motifs is 1. The van der Waals surface area contributed by atoms with Gasteiger partial charge >= 0.3 is 6.03 Å². The van der Waals surface area contributed by atoms with Gasteiger partial charge in [-0.15, -0.1) is 0 Å². The number of hydrogen-bond donors (Lipinski definition) is 2. The van der Waals surface area contributed by atoms with Crippen LogP contribution in [-0.4, -0.2) is 46.5 Å². The van der Waals surface area contributed by atoms with Crippen LogP contribution in [0.25, 0.3) is 0 Å². The van der Waals surface area contributed by atoms with Gasteiger partial charge in [0.1, 0.15) is 5.70 Å². The van der Waals surface area contributed by atoms with Gasteiger partial charge in [-0.05, 0) is 11.6 Å². The van der Waals surface area contributed by atoms with Crippen LogP contribution >= 0.6 is 11.6 Å². The van der Waals surface area contributed by atoms with Crippen LogP contribution in [0, 0.1) is 0 Å². The van der Waals surface area contributed by atoms with Crippen molar-refractivity contribution in [3.05, 3.63) is 11.6 Å². The molecule has 0 saturated heterocycles. The number of carbonyl (C=O) groups excluding carboxylic acids is 1. The van der Waals surface area contributed by atoms with Crippen molar-refractivity contribution >= 4 is 22.9 Å². The highest BCUT2D eigenvalue weighted by atomic mass is 35.5. The monoisotopic (exact) mass is 216 g/mol. The molecule has 0 radical (unpaired) electrons. The number of nitrogens with one attached hydrogen (secondary N) is 1. The van der Waals surface area contributed by atoms with Crippen molar-refractivity contribution in [2.24, 2.45) is 4.99 Å². The van der Waals surface area contributed by atoms with Crippen LogP contribution in [0.3, 0.4) is 0 Å². The summed E-state index contributed by atoms with van der Waals surface area (Å²) in [6.07, 6.45) is -0.536. The van der Waals surface area contributed by atoms with Crippen molar-refractivity contribution in [1.82, 2.24) is 15.1 Å². The van der Waals surface area contributed by atoms with Gasteiger partial charge in [-0.1, -0.05) is 0 Å². The second-order valence-electron chi connectivity index (χ2n) is 3.11. The minimum absolute atomic E-state index is 0.141. The third-order valence-corrected chi connectivity index (χ3v) is 2.44. The maximum Gasteiger partial charge on any atom is 0.328 e. The Kier molecular flexibility index (Phi) is 1.81. The third-order valence-electron chi connectivity index (χ3n) is 2.25. The summed E-state index contributed by atoms with van der Waals surface area (Å²) in [4.78, 5) is 18.0. The molecular formula is C7H9ClN4O2. The number of hydrogen-bond acceptors (Lipinski definition) is 4. The fourth-order valence-electron chi connectivity index (χ4n) is 1.44. The summed E-state index contributed by atoms with van der Waals surface area (Å²) < 4.78 is 0. The molecule has 2 N–H and O–H groups in total. The summed E-state index contributed by atoms with van der Waals surface area (Å²) in [6, 6.07) is -0.326. The summed E-state index contributed by atoms with van der Waals surface area (Å²) in [5, 5.41) is 12.5. The zero-order chi connectivity index (χ0) is 10.5. The average molecular weight is 217 g/mol. The quantitative estimate of drug-likeness (QED) is 0.570. The fraction of sp³-hybridized carbons (Fsp3) is 0.429. The fourth-order valence-corrected chi connectivity index (χ4v) is 1.64. The lowest BCUT2D eigenvalue weighted by Crippen LogP contribution is -2.50. The number of carbonyl (C=O) groups is 1. The highest BCUT2D eigenvalue weighted by Gasteiger charge is 2.39. The van der Waals surface area contributed by atoms with E-state index in [1.165, 1.54) is 11.9 Å². The van der Waals surface area contributed by atoms with E-state index in [1.807, 2.05) is 0 Å². The third kappa shape index (κ3) is 1.04. The Hall–Kier alpha value is -1.43. The van der Waals surface area contributed by atoms with Crippen molar-refractivity contribution in [2.75, 3.05) is 14.1 Å². The first-order valence-electron chi connectivity index (χ1n) is 3.96. The summed E-state index contributed by atoms with van der Waals surface area (Å²) in [5.74, 6) is -0.141. The first-order valence-corrected chi connectivity index (χ1v) is 4.34. The Morgan fingerprint density at radius 2 is 2.21 bits per heavy atom. The van der Waals surface area contributed by atoms with Crippen LogP contribution in [0.2, 0.25) is 0 Å². The lowest BCUT2D eigenvalue weighted by Gasteiger charge is -2.33. The lowest BCUT2D eigenvalue weighted by atomic mass is 10.3. The van der Waals surface area contributed by atoms with E-state index in [4.69, 9.17) is 11.6 Å². The second-order valence-corrected chi connectivity index (χ2v) is 3.47. The molecule has 1 unspecified atom stereocenters. The number of rotatable bonds is 0. The first kappa shape index (κ1) is 9.14. The molecule has 0 bridgehead atoms. The van der Waals surface area contributed by atoms with E-state index in [1.54, 1.807) is 7.05 Å². The van der Waals surface area contributed by atoms with Gasteiger partial charge in [0.2, 0.25) is 5.88 Å². The number of halogens is 1. The normalized spacial score (nSPS) is 26.4. The van der Waals surface area contributed by atoms with Crippen LogP contribution in [0.4, 0.5) is 4.79 Å². The molecule has 7 heteroatoms.